The number of carboxylic acids is 1. The van der Waals surface area contributed by atoms with Crippen molar-refractivity contribution >= 4 is 28.1 Å². The Kier molecular flexibility index (Phi) is 5.46. The molecule has 0 saturated heterocycles. The maximum absolute atomic E-state index is 11.9. The summed E-state index contributed by atoms with van der Waals surface area (Å²) in [7, 11) is 0. The predicted octanol–water partition coefficient (Wildman–Crippen LogP) is 4.86. The van der Waals surface area contributed by atoms with Gasteiger partial charge >= 0.3 is 5.97 Å². The molecule has 5 heteroatoms. The van der Waals surface area contributed by atoms with Gasteiger partial charge in [-0.1, -0.05) is 55.5 Å². The van der Waals surface area contributed by atoms with Crippen molar-refractivity contribution in [1.82, 2.24) is 4.98 Å². The number of benzene rings is 2. The topological polar surface area (TPSA) is 62.2 Å². The lowest BCUT2D eigenvalue weighted by Crippen LogP contribution is -2.16. The summed E-state index contributed by atoms with van der Waals surface area (Å²) in [6.07, 6.45) is 1.21. The Morgan fingerprint density at radius 2 is 1.76 bits per heavy atom. The number of carboxylic acid groups (broad SMARTS) is 1. The van der Waals surface area contributed by atoms with Gasteiger partial charge in [0.05, 0.1) is 5.69 Å². The fourth-order valence-electron chi connectivity index (χ4n) is 2.74. The normalized spacial score (nSPS) is 11.9. The molecule has 128 valence electrons. The third kappa shape index (κ3) is 4.25. The molecule has 1 heterocycles. The fraction of sp³-hybridized carbons (Fsp3) is 0.200. The van der Waals surface area contributed by atoms with Gasteiger partial charge in [0.25, 0.3) is 0 Å². The molecule has 3 aromatic rings. The van der Waals surface area contributed by atoms with Gasteiger partial charge in [-0.15, -0.1) is 11.3 Å². The van der Waals surface area contributed by atoms with Gasteiger partial charge in [0.2, 0.25) is 0 Å². The molecule has 25 heavy (non-hydrogen) atoms. The fourth-order valence-corrected chi connectivity index (χ4v) is 3.72. The van der Waals surface area contributed by atoms with Crippen LogP contribution in [-0.4, -0.2) is 16.1 Å². The van der Waals surface area contributed by atoms with Gasteiger partial charge in [-0.3, -0.25) is 4.79 Å². The van der Waals surface area contributed by atoms with Crippen LogP contribution >= 0.6 is 11.3 Å². The molecule has 3 rings (SSSR count). The van der Waals surface area contributed by atoms with Crippen LogP contribution < -0.4 is 5.32 Å². The lowest BCUT2D eigenvalue weighted by Gasteiger charge is -2.11. The Morgan fingerprint density at radius 1 is 1.12 bits per heavy atom. The summed E-state index contributed by atoms with van der Waals surface area (Å²) in [6.45, 7) is 2.03. The van der Waals surface area contributed by atoms with Crippen molar-refractivity contribution in [3.05, 3.63) is 76.8 Å². The minimum Gasteiger partial charge on any atom is -0.481 e. The first-order chi connectivity index (χ1) is 12.2. The highest BCUT2D eigenvalue weighted by molar-refractivity contribution is 7.15. The minimum absolute atomic E-state index is 0.442. The third-order valence-corrected chi connectivity index (χ3v) is 5.12. The molecule has 0 aliphatic carbocycles. The van der Waals surface area contributed by atoms with E-state index < -0.39 is 11.9 Å². The Balaban J connectivity index is 1.89. The number of para-hydroxylation sites is 1. The zero-order valence-electron chi connectivity index (χ0n) is 14.0. The van der Waals surface area contributed by atoms with Crippen LogP contribution in [0, 0.1) is 0 Å². The van der Waals surface area contributed by atoms with E-state index in [4.69, 9.17) is 0 Å². The number of hydrogen-bond acceptors (Lipinski definition) is 4. The summed E-state index contributed by atoms with van der Waals surface area (Å²) in [5.74, 6) is -1.48. The number of aryl methyl sites for hydroxylation is 1. The lowest BCUT2D eigenvalue weighted by molar-refractivity contribution is -0.138. The second kappa shape index (κ2) is 7.94. The number of nitrogens with one attached hydrogen (secondary N) is 1. The number of aliphatic carboxylic acids is 1. The molecule has 0 radical (unpaired) electrons. The lowest BCUT2D eigenvalue weighted by atomic mass is 9.95. The van der Waals surface area contributed by atoms with E-state index in [0.717, 1.165) is 27.7 Å². The molecule has 0 saturated carbocycles. The van der Waals surface area contributed by atoms with E-state index in [-0.39, 0.29) is 0 Å². The van der Waals surface area contributed by atoms with Gasteiger partial charge < -0.3 is 10.4 Å². The van der Waals surface area contributed by atoms with Crippen molar-refractivity contribution in [2.24, 2.45) is 0 Å². The van der Waals surface area contributed by atoms with Crippen LogP contribution in [0.15, 0.2) is 60.7 Å². The smallest absolute Gasteiger partial charge is 0.312 e. The quantitative estimate of drug-likeness (QED) is 0.637. The first kappa shape index (κ1) is 17.2. The van der Waals surface area contributed by atoms with E-state index in [1.807, 2.05) is 67.6 Å². The van der Waals surface area contributed by atoms with Gasteiger partial charge in [0.1, 0.15) is 5.92 Å². The Bertz CT molecular complexity index is 831. The van der Waals surface area contributed by atoms with Gasteiger partial charge in [-0.2, -0.15) is 0 Å². The maximum Gasteiger partial charge on any atom is 0.312 e. The highest BCUT2D eigenvalue weighted by atomic mass is 32.1. The van der Waals surface area contributed by atoms with Crippen LogP contribution in [0.5, 0.6) is 0 Å². The standard InChI is InChI=1S/C20H20N2O2S/c1-2-17-18(16(19(23)24)13-14-9-5-3-6-10-14)22-20(25-17)21-15-11-7-4-8-12-15/h3-12,16H,2,13H2,1H3,(H,21,22)(H,23,24). The molecule has 1 atom stereocenters. The molecule has 0 aliphatic heterocycles. The monoisotopic (exact) mass is 352 g/mol. The molecule has 1 unspecified atom stereocenters. The van der Waals surface area contributed by atoms with Crippen molar-refractivity contribution in [3.63, 3.8) is 0 Å². The highest BCUT2D eigenvalue weighted by Gasteiger charge is 2.26. The molecular weight excluding hydrogens is 332 g/mol. The third-order valence-electron chi connectivity index (χ3n) is 3.98. The summed E-state index contributed by atoms with van der Waals surface area (Å²) in [6, 6.07) is 19.5. The summed E-state index contributed by atoms with van der Waals surface area (Å²) in [5, 5.41) is 13.8. The molecule has 1 aromatic heterocycles. The number of nitrogens with zero attached hydrogens (tertiary/aromatic N) is 1. The second-order valence-electron chi connectivity index (χ2n) is 5.75. The van der Waals surface area contributed by atoms with E-state index >= 15 is 0 Å². The van der Waals surface area contributed by atoms with Gasteiger partial charge in [0.15, 0.2) is 5.13 Å². The first-order valence-corrected chi connectivity index (χ1v) is 9.07. The molecule has 0 fully saturated rings. The Hall–Kier alpha value is -2.66. The Morgan fingerprint density at radius 3 is 2.36 bits per heavy atom. The summed E-state index contributed by atoms with van der Waals surface area (Å²) < 4.78 is 0. The van der Waals surface area contributed by atoms with Crippen LogP contribution in [0.3, 0.4) is 0 Å². The zero-order valence-corrected chi connectivity index (χ0v) is 14.8. The van der Waals surface area contributed by atoms with Crippen LogP contribution in [0.1, 0.15) is 29.0 Å². The molecular formula is C20H20N2O2S. The first-order valence-electron chi connectivity index (χ1n) is 8.25. The van der Waals surface area contributed by atoms with Crippen LogP contribution in [0.25, 0.3) is 0 Å². The second-order valence-corrected chi connectivity index (χ2v) is 6.84. The van der Waals surface area contributed by atoms with Gasteiger partial charge in [-0.25, -0.2) is 4.98 Å². The van der Waals surface area contributed by atoms with E-state index in [1.165, 1.54) is 11.3 Å². The van der Waals surface area contributed by atoms with Gasteiger partial charge in [0, 0.05) is 10.6 Å². The molecule has 2 N–H and O–H groups in total. The van der Waals surface area contributed by atoms with Crippen molar-refractivity contribution in [3.8, 4) is 0 Å². The average molecular weight is 352 g/mol. The maximum atomic E-state index is 11.9. The van der Waals surface area contributed by atoms with Crippen molar-refractivity contribution in [1.29, 1.82) is 0 Å². The highest BCUT2D eigenvalue weighted by Crippen LogP contribution is 2.32. The van der Waals surface area contributed by atoms with E-state index in [2.05, 4.69) is 10.3 Å². The van der Waals surface area contributed by atoms with E-state index in [9.17, 15) is 9.90 Å². The molecule has 0 aliphatic rings. The molecule has 2 aromatic carbocycles. The SMILES string of the molecule is CCc1sc(Nc2ccccc2)nc1C(Cc1ccccc1)C(=O)O. The summed E-state index contributed by atoms with van der Waals surface area (Å²) in [4.78, 5) is 17.5. The van der Waals surface area contributed by atoms with Crippen molar-refractivity contribution in [2.75, 3.05) is 5.32 Å². The molecule has 4 nitrogen and oxygen atoms in total. The largest absolute Gasteiger partial charge is 0.481 e. The number of carbonyl (C=O) groups is 1. The predicted molar refractivity (Wildman–Crippen MR) is 102 cm³/mol. The zero-order chi connectivity index (χ0) is 17.6. The number of aromatic nitrogens is 1. The summed E-state index contributed by atoms with van der Waals surface area (Å²) in [5.41, 5.74) is 2.62. The Labute approximate surface area is 151 Å². The average Bonchev–Trinajstić information content (AvgIpc) is 3.03. The molecule has 0 bridgehead atoms. The van der Waals surface area contributed by atoms with E-state index in [1.54, 1.807) is 0 Å². The number of hydrogen-bond donors (Lipinski definition) is 2. The van der Waals surface area contributed by atoms with Crippen molar-refractivity contribution in [2.45, 2.75) is 25.7 Å². The number of rotatable bonds is 7. The molecule has 0 amide bonds. The van der Waals surface area contributed by atoms with Crippen LogP contribution in [0.2, 0.25) is 0 Å². The number of anilines is 2. The van der Waals surface area contributed by atoms with Crippen molar-refractivity contribution < 1.29 is 9.90 Å². The van der Waals surface area contributed by atoms with E-state index in [0.29, 0.717) is 12.1 Å². The minimum atomic E-state index is -0.838. The van der Waals surface area contributed by atoms with Crippen LogP contribution in [-0.2, 0) is 17.6 Å². The molecule has 0 spiro atoms. The number of thiazole rings is 1. The van der Waals surface area contributed by atoms with Gasteiger partial charge in [-0.05, 0) is 30.5 Å². The van der Waals surface area contributed by atoms with Crippen LogP contribution in [0.4, 0.5) is 10.8 Å². The summed E-state index contributed by atoms with van der Waals surface area (Å²) >= 11 is 1.53.